The van der Waals surface area contributed by atoms with Crippen LogP contribution in [0.4, 0.5) is 5.69 Å². The highest BCUT2D eigenvalue weighted by Crippen LogP contribution is 2.31. The molecule has 3 nitrogen and oxygen atoms in total. The van der Waals surface area contributed by atoms with Crippen LogP contribution in [0.15, 0.2) is 18.2 Å². The molecule has 0 bridgehead atoms. The van der Waals surface area contributed by atoms with Crippen LogP contribution in [-0.2, 0) is 0 Å². The van der Waals surface area contributed by atoms with Crippen LogP contribution in [0, 0.1) is 0 Å². The Morgan fingerprint density at radius 3 is 1.78 bits per heavy atom. The van der Waals surface area contributed by atoms with Gasteiger partial charge in [0.15, 0.2) is 11.5 Å². The van der Waals surface area contributed by atoms with Crippen molar-refractivity contribution in [2.24, 2.45) is 0 Å². The Morgan fingerprint density at radius 1 is 0.739 bits per heavy atom. The minimum absolute atomic E-state index is 0.799. The summed E-state index contributed by atoms with van der Waals surface area (Å²) in [7, 11) is 3.39. The first-order valence-electron chi connectivity index (χ1n) is 9.23. The summed E-state index contributed by atoms with van der Waals surface area (Å²) in [4.78, 5) is 2.51. The van der Waals surface area contributed by atoms with Crippen molar-refractivity contribution in [3.63, 3.8) is 0 Å². The lowest BCUT2D eigenvalue weighted by molar-refractivity contribution is 0.355. The average Bonchev–Trinajstić information content (AvgIpc) is 2.59. The third kappa shape index (κ3) is 7.15. The van der Waals surface area contributed by atoms with Crippen molar-refractivity contribution in [1.82, 2.24) is 0 Å². The van der Waals surface area contributed by atoms with E-state index in [-0.39, 0.29) is 0 Å². The maximum absolute atomic E-state index is 5.46. The van der Waals surface area contributed by atoms with E-state index in [2.05, 4.69) is 30.9 Å². The maximum atomic E-state index is 5.46. The summed E-state index contributed by atoms with van der Waals surface area (Å²) < 4.78 is 10.8. The van der Waals surface area contributed by atoms with Gasteiger partial charge in [-0.2, -0.15) is 0 Å². The molecule has 132 valence electrons. The standard InChI is InChI=1S/C20H35NO2/c1-5-7-9-11-15-21(16-12-10-8-6-2)18-13-14-19(22-3)20(17-18)23-4/h13-14,17H,5-12,15-16H2,1-4H3. The molecule has 0 radical (unpaired) electrons. The van der Waals surface area contributed by atoms with Crippen LogP contribution >= 0.6 is 0 Å². The van der Waals surface area contributed by atoms with E-state index in [1.807, 2.05) is 6.07 Å². The predicted octanol–water partition coefficient (Wildman–Crippen LogP) is 5.67. The highest BCUT2D eigenvalue weighted by Gasteiger charge is 2.10. The number of hydrogen-bond acceptors (Lipinski definition) is 3. The molecule has 0 aromatic heterocycles. The van der Waals surface area contributed by atoms with Crippen LogP contribution in [0.1, 0.15) is 65.2 Å². The van der Waals surface area contributed by atoms with Gasteiger partial charge in [-0.05, 0) is 25.0 Å². The van der Waals surface area contributed by atoms with Crippen molar-refractivity contribution in [3.05, 3.63) is 18.2 Å². The van der Waals surface area contributed by atoms with Crippen LogP contribution < -0.4 is 14.4 Å². The zero-order chi connectivity index (χ0) is 16.9. The summed E-state index contributed by atoms with van der Waals surface area (Å²) in [5, 5.41) is 0. The Kier molecular flexibility index (Phi) is 10.3. The van der Waals surface area contributed by atoms with Gasteiger partial charge in [0.05, 0.1) is 14.2 Å². The Bertz CT molecular complexity index is 408. The lowest BCUT2D eigenvalue weighted by Crippen LogP contribution is -2.25. The number of anilines is 1. The van der Waals surface area contributed by atoms with Gasteiger partial charge in [0.2, 0.25) is 0 Å². The molecular formula is C20H35NO2. The van der Waals surface area contributed by atoms with E-state index >= 15 is 0 Å². The van der Waals surface area contributed by atoms with Gasteiger partial charge < -0.3 is 14.4 Å². The zero-order valence-electron chi connectivity index (χ0n) is 15.6. The summed E-state index contributed by atoms with van der Waals surface area (Å²) >= 11 is 0. The number of benzene rings is 1. The normalized spacial score (nSPS) is 10.6. The van der Waals surface area contributed by atoms with E-state index < -0.39 is 0 Å². The van der Waals surface area contributed by atoms with Crippen LogP contribution in [-0.4, -0.2) is 27.3 Å². The number of ether oxygens (including phenoxy) is 2. The first-order chi connectivity index (χ1) is 11.3. The fourth-order valence-corrected chi connectivity index (χ4v) is 2.85. The molecule has 1 rings (SSSR count). The average molecular weight is 322 g/mol. The summed E-state index contributed by atoms with van der Waals surface area (Å²) in [6.07, 6.45) is 10.4. The van der Waals surface area contributed by atoms with E-state index in [9.17, 15) is 0 Å². The molecule has 0 aliphatic carbocycles. The molecule has 0 saturated heterocycles. The summed E-state index contributed by atoms with van der Waals surface area (Å²) in [6, 6.07) is 6.28. The number of rotatable bonds is 13. The Morgan fingerprint density at radius 2 is 1.30 bits per heavy atom. The minimum atomic E-state index is 0.799. The Hall–Kier alpha value is -1.38. The maximum Gasteiger partial charge on any atom is 0.162 e. The van der Waals surface area contributed by atoms with Crippen molar-refractivity contribution in [2.45, 2.75) is 65.2 Å². The molecule has 0 saturated carbocycles. The monoisotopic (exact) mass is 321 g/mol. The van der Waals surface area contributed by atoms with Crippen molar-refractivity contribution in [2.75, 3.05) is 32.2 Å². The summed E-state index contributed by atoms with van der Waals surface area (Å²) in [5.74, 6) is 1.62. The second-order valence-electron chi connectivity index (χ2n) is 6.15. The van der Waals surface area contributed by atoms with E-state index in [0.29, 0.717) is 0 Å². The molecular weight excluding hydrogens is 286 g/mol. The molecule has 0 unspecified atom stereocenters. The summed E-state index contributed by atoms with van der Waals surface area (Å²) in [6.45, 7) is 6.77. The third-order valence-electron chi connectivity index (χ3n) is 4.30. The Balaban J connectivity index is 2.71. The number of methoxy groups -OCH3 is 2. The topological polar surface area (TPSA) is 21.7 Å². The SMILES string of the molecule is CCCCCCN(CCCCCC)c1ccc(OC)c(OC)c1. The molecule has 1 aromatic rings. The molecule has 0 heterocycles. The lowest BCUT2D eigenvalue weighted by atomic mass is 10.1. The molecule has 0 atom stereocenters. The highest BCUT2D eigenvalue weighted by atomic mass is 16.5. The zero-order valence-corrected chi connectivity index (χ0v) is 15.6. The smallest absolute Gasteiger partial charge is 0.162 e. The fraction of sp³-hybridized carbons (Fsp3) is 0.700. The van der Waals surface area contributed by atoms with Crippen LogP contribution in [0.25, 0.3) is 0 Å². The summed E-state index contributed by atoms with van der Waals surface area (Å²) in [5.41, 5.74) is 1.25. The third-order valence-corrected chi connectivity index (χ3v) is 4.30. The van der Waals surface area contributed by atoms with Crippen molar-refractivity contribution >= 4 is 5.69 Å². The number of unbranched alkanes of at least 4 members (excludes halogenated alkanes) is 6. The molecule has 0 fully saturated rings. The molecule has 23 heavy (non-hydrogen) atoms. The van der Waals surface area contributed by atoms with Crippen molar-refractivity contribution < 1.29 is 9.47 Å². The fourth-order valence-electron chi connectivity index (χ4n) is 2.85. The van der Waals surface area contributed by atoms with Crippen LogP contribution in [0.2, 0.25) is 0 Å². The molecule has 0 spiro atoms. The van der Waals surface area contributed by atoms with Gasteiger partial charge in [-0.15, -0.1) is 0 Å². The number of hydrogen-bond donors (Lipinski definition) is 0. The van der Waals surface area contributed by atoms with E-state index in [4.69, 9.17) is 9.47 Å². The Labute approximate surface area is 143 Å². The van der Waals surface area contributed by atoms with Gasteiger partial charge in [-0.3, -0.25) is 0 Å². The van der Waals surface area contributed by atoms with Gasteiger partial charge in [0, 0.05) is 24.8 Å². The molecule has 3 heteroatoms. The first kappa shape index (κ1) is 19.7. The van der Waals surface area contributed by atoms with E-state index in [0.717, 1.165) is 24.6 Å². The van der Waals surface area contributed by atoms with Gasteiger partial charge in [-0.1, -0.05) is 52.4 Å². The minimum Gasteiger partial charge on any atom is -0.493 e. The van der Waals surface area contributed by atoms with Gasteiger partial charge in [0.25, 0.3) is 0 Å². The van der Waals surface area contributed by atoms with E-state index in [1.165, 1.54) is 57.1 Å². The van der Waals surface area contributed by atoms with Crippen molar-refractivity contribution in [3.8, 4) is 11.5 Å². The highest BCUT2D eigenvalue weighted by molar-refractivity contribution is 5.56. The van der Waals surface area contributed by atoms with Crippen LogP contribution in [0.5, 0.6) is 11.5 Å². The quantitative estimate of drug-likeness (QED) is 0.437. The van der Waals surface area contributed by atoms with Gasteiger partial charge >= 0.3 is 0 Å². The molecule has 0 aliphatic heterocycles. The number of nitrogens with zero attached hydrogens (tertiary/aromatic N) is 1. The second-order valence-corrected chi connectivity index (χ2v) is 6.15. The molecule has 0 amide bonds. The molecule has 0 N–H and O–H groups in total. The lowest BCUT2D eigenvalue weighted by Gasteiger charge is -2.26. The first-order valence-corrected chi connectivity index (χ1v) is 9.23. The van der Waals surface area contributed by atoms with Crippen LogP contribution in [0.3, 0.4) is 0 Å². The van der Waals surface area contributed by atoms with E-state index in [1.54, 1.807) is 14.2 Å². The molecule has 1 aromatic carbocycles. The second kappa shape index (κ2) is 12.1. The largest absolute Gasteiger partial charge is 0.493 e. The predicted molar refractivity (Wildman–Crippen MR) is 100 cm³/mol. The van der Waals surface area contributed by atoms with Crippen molar-refractivity contribution in [1.29, 1.82) is 0 Å². The van der Waals surface area contributed by atoms with Gasteiger partial charge in [0.1, 0.15) is 0 Å². The van der Waals surface area contributed by atoms with Gasteiger partial charge in [-0.25, -0.2) is 0 Å². The molecule has 0 aliphatic rings.